The van der Waals surface area contributed by atoms with Crippen molar-refractivity contribution in [1.29, 1.82) is 0 Å². The van der Waals surface area contributed by atoms with Gasteiger partial charge in [-0.25, -0.2) is 0 Å². The van der Waals surface area contributed by atoms with Gasteiger partial charge < -0.3 is 9.80 Å². The number of anilines is 2. The summed E-state index contributed by atoms with van der Waals surface area (Å²) in [4.78, 5) is 4.71. The Balaban J connectivity index is 1.40. The summed E-state index contributed by atoms with van der Waals surface area (Å²) in [6.45, 7) is 9.28. The van der Waals surface area contributed by atoms with Gasteiger partial charge in [-0.1, -0.05) is 93.9 Å². The summed E-state index contributed by atoms with van der Waals surface area (Å²) >= 11 is 6.91. The average molecular weight is 471 g/mol. The third-order valence-corrected chi connectivity index (χ3v) is 8.71. The highest BCUT2D eigenvalue weighted by atomic mass is 35.5. The molecule has 2 aromatic rings. The highest BCUT2D eigenvalue weighted by Crippen LogP contribution is 2.47. The van der Waals surface area contributed by atoms with Crippen molar-refractivity contribution >= 4 is 23.0 Å². The van der Waals surface area contributed by atoms with Gasteiger partial charge in [0.15, 0.2) is 0 Å². The van der Waals surface area contributed by atoms with Crippen LogP contribution in [0.5, 0.6) is 0 Å². The zero-order valence-electron chi connectivity index (χ0n) is 21.2. The van der Waals surface area contributed by atoms with Crippen LogP contribution in [0, 0.1) is 0 Å². The summed E-state index contributed by atoms with van der Waals surface area (Å²) in [5.41, 5.74) is 9.23. The number of para-hydroxylation sites is 2. The number of likely N-dealkylation sites (N-methyl/N-ethyl adjacent to an activating group) is 2. The highest BCUT2D eigenvalue weighted by molar-refractivity contribution is 6.33. The number of allylic oxidation sites excluding steroid dienone is 7. The number of benzene rings is 2. The number of rotatable bonds is 3. The minimum absolute atomic E-state index is 0.0203. The number of hydrogen-bond acceptors (Lipinski definition) is 2. The molecular weight excluding hydrogens is 436 g/mol. The van der Waals surface area contributed by atoms with E-state index in [1.807, 2.05) is 0 Å². The van der Waals surface area contributed by atoms with Crippen molar-refractivity contribution in [3.05, 3.63) is 106 Å². The summed E-state index contributed by atoms with van der Waals surface area (Å²) in [6.07, 6.45) is 11.1. The van der Waals surface area contributed by atoms with Crippen LogP contribution < -0.4 is 9.80 Å². The number of fused-ring (bicyclic) bond motifs is 2. The van der Waals surface area contributed by atoms with Gasteiger partial charge in [0.05, 0.1) is 6.04 Å². The Morgan fingerprint density at radius 1 is 0.853 bits per heavy atom. The zero-order chi connectivity index (χ0) is 24.3. The number of halogens is 1. The molecule has 3 aliphatic rings. The first kappa shape index (κ1) is 23.1. The molecule has 2 aliphatic heterocycles. The maximum absolute atomic E-state index is 6.91. The number of nitrogens with zero attached hydrogens (tertiary/aromatic N) is 2. The van der Waals surface area contributed by atoms with Crippen LogP contribution in [0.4, 0.5) is 11.4 Å². The standard InChI is InChI=1S/C31H35ClN2/c1-30(2)23-11-7-9-13-25(23)33(5)27(30)19-17-21-15-16-22(29(21)32)18-20-28-31(3,4)24-12-8-10-14-26(24)34(28)6/h7-14,17-20,27H,15-16H2,1-6H3/b19-17+,22-18+,28-20-. The van der Waals surface area contributed by atoms with Crippen molar-refractivity contribution in [2.24, 2.45) is 0 Å². The van der Waals surface area contributed by atoms with Gasteiger partial charge in [-0.2, -0.15) is 0 Å². The molecule has 0 radical (unpaired) electrons. The second-order valence-corrected chi connectivity index (χ2v) is 11.3. The zero-order valence-corrected chi connectivity index (χ0v) is 21.9. The predicted octanol–water partition coefficient (Wildman–Crippen LogP) is 7.86. The quantitative estimate of drug-likeness (QED) is 0.450. The van der Waals surface area contributed by atoms with Gasteiger partial charge >= 0.3 is 0 Å². The fourth-order valence-corrected chi connectivity index (χ4v) is 6.50. The van der Waals surface area contributed by atoms with E-state index in [0.29, 0.717) is 6.04 Å². The smallest absolute Gasteiger partial charge is 0.0565 e. The van der Waals surface area contributed by atoms with Crippen LogP contribution in [0.1, 0.15) is 51.7 Å². The van der Waals surface area contributed by atoms with Crippen molar-refractivity contribution in [1.82, 2.24) is 0 Å². The van der Waals surface area contributed by atoms with Crippen molar-refractivity contribution in [3.8, 4) is 0 Å². The molecule has 0 amide bonds. The van der Waals surface area contributed by atoms with E-state index in [1.54, 1.807) is 0 Å². The minimum atomic E-state index is -0.0203. The predicted molar refractivity (Wildman–Crippen MR) is 147 cm³/mol. The molecule has 0 saturated heterocycles. The molecule has 2 nitrogen and oxygen atoms in total. The summed E-state index contributed by atoms with van der Waals surface area (Å²) < 4.78 is 0. The van der Waals surface area contributed by atoms with E-state index < -0.39 is 0 Å². The molecule has 0 N–H and O–H groups in total. The molecule has 1 aliphatic carbocycles. The lowest BCUT2D eigenvalue weighted by Crippen LogP contribution is -2.37. The van der Waals surface area contributed by atoms with Gasteiger partial charge in [-0.05, 0) is 53.3 Å². The third kappa shape index (κ3) is 3.46. The van der Waals surface area contributed by atoms with Crippen LogP contribution in [0.3, 0.4) is 0 Å². The highest BCUT2D eigenvalue weighted by Gasteiger charge is 2.41. The number of hydrogen-bond donors (Lipinski definition) is 0. The molecule has 34 heavy (non-hydrogen) atoms. The molecule has 0 saturated carbocycles. The van der Waals surface area contributed by atoms with E-state index in [1.165, 1.54) is 39.3 Å². The molecule has 1 atom stereocenters. The van der Waals surface area contributed by atoms with E-state index in [0.717, 1.165) is 17.9 Å². The summed E-state index contributed by atoms with van der Waals surface area (Å²) in [5, 5.41) is 0.917. The summed E-state index contributed by atoms with van der Waals surface area (Å²) in [6, 6.07) is 17.8. The van der Waals surface area contributed by atoms with Gasteiger partial charge in [-0.3, -0.25) is 0 Å². The first-order chi connectivity index (χ1) is 16.1. The maximum Gasteiger partial charge on any atom is 0.0565 e. The molecule has 0 aromatic heterocycles. The average Bonchev–Trinajstić information content (AvgIpc) is 3.33. The van der Waals surface area contributed by atoms with Gasteiger partial charge in [0, 0.05) is 47.0 Å². The van der Waals surface area contributed by atoms with Crippen molar-refractivity contribution in [2.75, 3.05) is 23.9 Å². The lowest BCUT2D eigenvalue weighted by atomic mass is 9.80. The molecule has 1 unspecified atom stereocenters. The Morgan fingerprint density at radius 2 is 1.50 bits per heavy atom. The van der Waals surface area contributed by atoms with E-state index in [2.05, 4.69) is 124 Å². The Labute approximate surface area is 209 Å². The molecule has 3 heteroatoms. The fourth-order valence-electron chi connectivity index (χ4n) is 6.19. The summed E-state index contributed by atoms with van der Waals surface area (Å²) in [5.74, 6) is 0. The molecular formula is C31H35ClN2. The molecule has 5 rings (SSSR count). The van der Waals surface area contributed by atoms with Crippen LogP contribution in [-0.2, 0) is 10.8 Å². The SMILES string of the molecule is CN1/C(=C\C=C2/CCC(/C=C/C3N(C)c4ccccc4C3(C)C)=C2Cl)C(C)(C)c2ccccc21. The Hall–Kier alpha value is -2.71. The van der Waals surface area contributed by atoms with Crippen molar-refractivity contribution < 1.29 is 0 Å². The summed E-state index contributed by atoms with van der Waals surface area (Å²) in [7, 11) is 4.36. The monoisotopic (exact) mass is 470 g/mol. The van der Waals surface area contributed by atoms with Crippen LogP contribution in [-0.4, -0.2) is 20.1 Å². The molecule has 0 spiro atoms. The lowest BCUT2D eigenvalue weighted by molar-refractivity contribution is 0.487. The van der Waals surface area contributed by atoms with Gasteiger partial charge in [0.1, 0.15) is 0 Å². The minimum Gasteiger partial charge on any atom is -0.367 e. The van der Waals surface area contributed by atoms with Crippen molar-refractivity contribution in [2.45, 2.75) is 57.4 Å². The normalized spacial score (nSPS) is 25.2. The first-order valence-corrected chi connectivity index (χ1v) is 12.7. The van der Waals surface area contributed by atoms with Gasteiger partial charge in [0.25, 0.3) is 0 Å². The molecule has 176 valence electrons. The van der Waals surface area contributed by atoms with Crippen LogP contribution in [0.25, 0.3) is 0 Å². The van der Waals surface area contributed by atoms with Gasteiger partial charge in [0.2, 0.25) is 0 Å². The molecule has 2 aromatic carbocycles. The van der Waals surface area contributed by atoms with Gasteiger partial charge in [-0.15, -0.1) is 0 Å². The van der Waals surface area contributed by atoms with Crippen molar-refractivity contribution in [3.63, 3.8) is 0 Å². The van der Waals surface area contributed by atoms with Crippen LogP contribution in [0.15, 0.2) is 94.7 Å². The maximum atomic E-state index is 6.91. The Bertz CT molecular complexity index is 1260. The Morgan fingerprint density at radius 3 is 2.18 bits per heavy atom. The van der Waals surface area contributed by atoms with E-state index in [9.17, 15) is 0 Å². The Kier molecular flexibility index (Phi) is 5.56. The fraction of sp³-hybridized carbons (Fsp3) is 0.355. The second-order valence-electron chi connectivity index (χ2n) is 10.9. The largest absolute Gasteiger partial charge is 0.367 e. The van der Waals surface area contributed by atoms with E-state index >= 15 is 0 Å². The third-order valence-electron chi connectivity index (χ3n) is 8.22. The lowest BCUT2D eigenvalue weighted by Gasteiger charge is -2.29. The molecule has 0 fully saturated rings. The van der Waals surface area contributed by atoms with Crippen LogP contribution >= 0.6 is 11.6 Å². The first-order valence-electron chi connectivity index (χ1n) is 12.3. The van der Waals surface area contributed by atoms with E-state index in [4.69, 9.17) is 11.6 Å². The topological polar surface area (TPSA) is 6.48 Å². The molecule has 0 bridgehead atoms. The van der Waals surface area contributed by atoms with E-state index in [-0.39, 0.29) is 10.8 Å². The second kappa shape index (κ2) is 8.20. The van der Waals surface area contributed by atoms with Crippen LogP contribution in [0.2, 0.25) is 0 Å². The molecule has 2 heterocycles.